The van der Waals surface area contributed by atoms with Gasteiger partial charge in [0.05, 0.1) is 4.90 Å². The van der Waals surface area contributed by atoms with Crippen LogP contribution in [-0.2, 0) is 16.6 Å². The number of benzene rings is 1. The zero-order chi connectivity index (χ0) is 13.9. The van der Waals surface area contributed by atoms with Crippen LogP contribution in [0, 0.1) is 6.92 Å². The smallest absolute Gasteiger partial charge is 0.238 e. The number of aromatic nitrogens is 1. The van der Waals surface area contributed by atoms with Crippen LogP contribution in [0.15, 0.2) is 47.5 Å². The van der Waals surface area contributed by atoms with Gasteiger partial charge in [0.15, 0.2) is 0 Å². The van der Waals surface area contributed by atoms with Crippen LogP contribution >= 0.6 is 0 Å². The SMILES string of the molecule is Cc1ccnc(NCc2ccc(S(N)(=O)=O)cc2)c1. The molecule has 2 rings (SSSR count). The van der Waals surface area contributed by atoms with E-state index in [2.05, 4.69) is 10.3 Å². The van der Waals surface area contributed by atoms with Gasteiger partial charge < -0.3 is 5.32 Å². The van der Waals surface area contributed by atoms with Crippen molar-refractivity contribution in [1.29, 1.82) is 0 Å². The van der Waals surface area contributed by atoms with Crippen molar-refractivity contribution in [2.45, 2.75) is 18.4 Å². The third-order valence-corrected chi connectivity index (χ3v) is 3.57. The summed E-state index contributed by atoms with van der Waals surface area (Å²) in [6.07, 6.45) is 1.74. The van der Waals surface area contributed by atoms with Gasteiger partial charge in [-0.15, -0.1) is 0 Å². The van der Waals surface area contributed by atoms with Crippen molar-refractivity contribution in [2.24, 2.45) is 5.14 Å². The molecule has 0 radical (unpaired) electrons. The Hall–Kier alpha value is -1.92. The van der Waals surface area contributed by atoms with Crippen LogP contribution in [0.5, 0.6) is 0 Å². The lowest BCUT2D eigenvalue weighted by Crippen LogP contribution is -2.12. The molecule has 0 aliphatic rings. The Labute approximate surface area is 112 Å². The third-order valence-electron chi connectivity index (χ3n) is 2.64. The Kier molecular flexibility index (Phi) is 3.82. The van der Waals surface area contributed by atoms with Gasteiger partial charge in [0.2, 0.25) is 10.0 Å². The van der Waals surface area contributed by atoms with Crippen LogP contribution < -0.4 is 10.5 Å². The van der Waals surface area contributed by atoms with Crippen molar-refractivity contribution < 1.29 is 8.42 Å². The lowest BCUT2D eigenvalue weighted by atomic mass is 10.2. The molecule has 100 valence electrons. The molecular formula is C13H15N3O2S. The van der Waals surface area contributed by atoms with Gasteiger partial charge in [-0.25, -0.2) is 18.5 Å². The Bertz CT molecular complexity index is 667. The summed E-state index contributed by atoms with van der Waals surface area (Å²) in [4.78, 5) is 4.30. The van der Waals surface area contributed by atoms with Crippen LogP contribution in [0.3, 0.4) is 0 Å². The van der Waals surface area contributed by atoms with Crippen molar-refractivity contribution >= 4 is 15.8 Å². The molecule has 0 saturated carbocycles. The first-order valence-electron chi connectivity index (χ1n) is 5.73. The monoisotopic (exact) mass is 277 g/mol. The normalized spacial score (nSPS) is 11.3. The molecule has 0 fully saturated rings. The van der Waals surface area contributed by atoms with Gasteiger partial charge in [0.1, 0.15) is 5.82 Å². The molecule has 0 atom stereocenters. The highest BCUT2D eigenvalue weighted by atomic mass is 32.2. The number of anilines is 1. The summed E-state index contributed by atoms with van der Waals surface area (Å²) < 4.78 is 22.2. The second-order valence-electron chi connectivity index (χ2n) is 4.26. The highest BCUT2D eigenvalue weighted by molar-refractivity contribution is 7.89. The second kappa shape index (κ2) is 5.38. The number of primary sulfonamides is 1. The van der Waals surface area contributed by atoms with Crippen molar-refractivity contribution in [1.82, 2.24) is 4.98 Å². The lowest BCUT2D eigenvalue weighted by molar-refractivity contribution is 0.598. The predicted octanol–water partition coefficient (Wildman–Crippen LogP) is 1.65. The summed E-state index contributed by atoms with van der Waals surface area (Å²) in [5, 5.41) is 8.20. The Morgan fingerprint density at radius 3 is 2.47 bits per heavy atom. The minimum Gasteiger partial charge on any atom is -0.366 e. The van der Waals surface area contributed by atoms with E-state index >= 15 is 0 Å². The number of rotatable bonds is 4. The molecule has 1 heterocycles. The minimum atomic E-state index is -3.63. The molecule has 1 aromatic carbocycles. The fourth-order valence-corrected chi connectivity index (χ4v) is 2.14. The Balaban J connectivity index is 2.05. The zero-order valence-corrected chi connectivity index (χ0v) is 11.3. The van der Waals surface area contributed by atoms with Crippen LogP contribution in [0.4, 0.5) is 5.82 Å². The summed E-state index contributed by atoms with van der Waals surface area (Å²) in [5.41, 5.74) is 2.08. The standard InChI is InChI=1S/C13H15N3O2S/c1-10-6-7-15-13(8-10)16-9-11-2-4-12(5-3-11)19(14,17)18/h2-8H,9H2,1H3,(H,15,16)(H2,14,17,18). The van der Waals surface area contributed by atoms with E-state index < -0.39 is 10.0 Å². The van der Waals surface area contributed by atoms with E-state index in [0.717, 1.165) is 16.9 Å². The van der Waals surface area contributed by atoms with Gasteiger partial charge in [0, 0.05) is 12.7 Å². The average molecular weight is 277 g/mol. The fraction of sp³-hybridized carbons (Fsp3) is 0.154. The number of pyridine rings is 1. The Morgan fingerprint density at radius 2 is 1.89 bits per heavy atom. The first-order valence-corrected chi connectivity index (χ1v) is 7.28. The van der Waals surface area contributed by atoms with Crippen molar-refractivity contribution in [3.63, 3.8) is 0 Å². The van der Waals surface area contributed by atoms with E-state index in [0.29, 0.717) is 6.54 Å². The summed E-state index contributed by atoms with van der Waals surface area (Å²) >= 11 is 0. The number of nitrogens with two attached hydrogens (primary N) is 1. The molecule has 1 aromatic heterocycles. The van der Waals surface area contributed by atoms with E-state index in [9.17, 15) is 8.42 Å². The largest absolute Gasteiger partial charge is 0.366 e. The van der Waals surface area contributed by atoms with Crippen LogP contribution in [0.25, 0.3) is 0 Å². The van der Waals surface area contributed by atoms with Crippen molar-refractivity contribution in [3.8, 4) is 0 Å². The maximum atomic E-state index is 11.1. The van der Waals surface area contributed by atoms with Gasteiger partial charge in [0.25, 0.3) is 0 Å². The van der Waals surface area contributed by atoms with E-state index in [1.807, 2.05) is 19.1 Å². The van der Waals surface area contributed by atoms with E-state index in [1.165, 1.54) is 12.1 Å². The number of hydrogen-bond acceptors (Lipinski definition) is 4. The summed E-state index contributed by atoms with van der Waals surface area (Å²) in [5.74, 6) is 0.788. The van der Waals surface area contributed by atoms with E-state index in [4.69, 9.17) is 5.14 Å². The van der Waals surface area contributed by atoms with Crippen LogP contribution in [0.1, 0.15) is 11.1 Å². The van der Waals surface area contributed by atoms with Crippen molar-refractivity contribution in [3.05, 3.63) is 53.7 Å². The third kappa shape index (κ3) is 3.77. The van der Waals surface area contributed by atoms with Gasteiger partial charge in [-0.2, -0.15) is 0 Å². The molecule has 0 bridgehead atoms. The van der Waals surface area contributed by atoms with Gasteiger partial charge in [-0.3, -0.25) is 0 Å². The first kappa shape index (κ1) is 13.5. The molecule has 5 nitrogen and oxygen atoms in total. The van der Waals surface area contributed by atoms with Crippen molar-refractivity contribution in [2.75, 3.05) is 5.32 Å². The molecule has 0 aliphatic carbocycles. The van der Waals surface area contributed by atoms with Gasteiger partial charge >= 0.3 is 0 Å². The van der Waals surface area contributed by atoms with Crippen LogP contribution in [0.2, 0.25) is 0 Å². The maximum Gasteiger partial charge on any atom is 0.238 e. The average Bonchev–Trinajstić information content (AvgIpc) is 2.36. The molecule has 0 saturated heterocycles. The molecule has 19 heavy (non-hydrogen) atoms. The number of hydrogen-bond donors (Lipinski definition) is 2. The fourth-order valence-electron chi connectivity index (χ4n) is 1.62. The zero-order valence-electron chi connectivity index (χ0n) is 10.5. The van der Waals surface area contributed by atoms with Crippen LogP contribution in [-0.4, -0.2) is 13.4 Å². The molecule has 0 amide bonds. The Morgan fingerprint density at radius 1 is 1.21 bits per heavy atom. The molecule has 3 N–H and O–H groups in total. The maximum absolute atomic E-state index is 11.1. The molecule has 6 heteroatoms. The first-order chi connectivity index (χ1) is 8.95. The number of nitrogens with zero attached hydrogens (tertiary/aromatic N) is 1. The molecule has 0 spiro atoms. The number of aryl methyl sites for hydroxylation is 1. The highest BCUT2D eigenvalue weighted by Crippen LogP contribution is 2.11. The quantitative estimate of drug-likeness (QED) is 0.889. The number of nitrogens with one attached hydrogen (secondary N) is 1. The van der Waals surface area contributed by atoms with Gasteiger partial charge in [-0.05, 0) is 42.3 Å². The molecule has 0 unspecified atom stereocenters. The lowest BCUT2D eigenvalue weighted by Gasteiger charge is -2.06. The molecule has 0 aliphatic heterocycles. The topological polar surface area (TPSA) is 85.1 Å². The second-order valence-corrected chi connectivity index (χ2v) is 5.82. The summed E-state index contributed by atoms with van der Waals surface area (Å²) in [7, 11) is -3.63. The number of sulfonamides is 1. The highest BCUT2D eigenvalue weighted by Gasteiger charge is 2.06. The van der Waals surface area contributed by atoms with Gasteiger partial charge in [-0.1, -0.05) is 12.1 Å². The molecular weight excluding hydrogens is 262 g/mol. The minimum absolute atomic E-state index is 0.116. The van der Waals surface area contributed by atoms with E-state index in [-0.39, 0.29) is 4.90 Å². The summed E-state index contributed by atoms with van der Waals surface area (Å²) in [6.45, 7) is 2.56. The van der Waals surface area contributed by atoms with E-state index in [1.54, 1.807) is 18.3 Å². The summed E-state index contributed by atoms with van der Waals surface area (Å²) in [6, 6.07) is 10.3. The molecule has 2 aromatic rings. The predicted molar refractivity (Wildman–Crippen MR) is 74.1 cm³/mol.